The lowest BCUT2D eigenvalue weighted by molar-refractivity contribution is 0.0718. The highest BCUT2D eigenvalue weighted by Gasteiger charge is 2.12. The van der Waals surface area contributed by atoms with Crippen molar-refractivity contribution in [3.05, 3.63) is 0 Å². The zero-order valence-electron chi connectivity index (χ0n) is 14.0. The van der Waals surface area contributed by atoms with Crippen LogP contribution in [-0.4, -0.2) is 57.8 Å². The molecule has 0 heterocycles. The maximum Gasteiger partial charge on any atom is 0.166 e. The van der Waals surface area contributed by atoms with Crippen LogP contribution in [0.4, 0.5) is 0 Å². The first kappa shape index (κ1) is 21.3. The molecule has 0 rings (SSSR count). The van der Waals surface area contributed by atoms with Crippen LogP contribution in [0, 0.1) is 0 Å². The first-order valence-corrected chi connectivity index (χ1v) is 8.29. The summed E-state index contributed by atoms with van der Waals surface area (Å²) in [4.78, 5) is 0. The van der Waals surface area contributed by atoms with Crippen LogP contribution in [0.1, 0.15) is 40.5 Å². The van der Waals surface area contributed by atoms with Crippen molar-refractivity contribution in [3.8, 4) is 0 Å². The third-order valence-electron chi connectivity index (χ3n) is 2.74. The molecular weight excluding hydrogens is 320 g/mol. The molecule has 0 radical (unpaired) electrons. The summed E-state index contributed by atoms with van der Waals surface area (Å²) in [5.41, 5.74) is -1.38. The average molecular weight is 351 g/mol. The number of hydrogen-bond donors (Lipinski definition) is 6. The molecule has 0 aromatic carbocycles. The molecule has 0 saturated heterocycles. The summed E-state index contributed by atoms with van der Waals surface area (Å²) in [5.74, 6) is 0. The van der Waals surface area contributed by atoms with E-state index < -0.39 is 11.2 Å². The Morgan fingerprint density at radius 3 is 1.23 bits per heavy atom. The van der Waals surface area contributed by atoms with Crippen molar-refractivity contribution in [2.75, 3.05) is 26.2 Å². The standard InChI is InChI=1S/C14H30N4O2S2/c1-13(2,19)5-7-15-11(21)17-9-10-18-12(22)16-8-6-14(3,4)20/h19-20H,5-10H2,1-4H3,(H2,15,17,21)(H2,16,18,22). The van der Waals surface area contributed by atoms with Gasteiger partial charge >= 0.3 is 0 Å². The number of nitrogens with one attached hydrogen (secondary N) is 4. The van der Waals surface area contributed by atoms with Gasteiger partial charge in [-0.05, 0) is 65.0 Å². The van der Waals surface area contributed by atoms with Gasteiger partial charge in [0, 0.05) is 26.2 Å². The number of aliphatic hydroxyl groups is 2. The summed E-state index contributed by atoms with van der Waals surface area (Å²) in [6.07, 6.45) is 1.25. The third-order valence-corrected chi connectivity index (χ3v) is 3.32. The molecule has 130 valence electrons. The van der Waals surface area contributed by atoms with Gasteiger partial charge in [-0.2, -0.15) is 0 Å². The van der Waals surface area contributed by atoms with Crippen molar-refractivity contribution in [3.63, 3.8) is 0 Å². The van der Waals surface area contributed by atoms with Crippen LogP contribution >= 0.6 is 24.4 Å². The molecule has 8 heteroatoms. The fourth-order valence-corrected chi connectivity index (χ4v) is 1.85. The van der Waals surface area contributed by atoms with Crippen molar-refractivity contribution in [1.82, 2.24) is 21.3 Å². The lowest BCUT2D eigenvalue weighted by Gasteiger charge is -2.19. The Kier molecular flexibility index (Phi) is 9.82. The molecular formula is C14H30N4O2S2. The van der Waals surface area contributed by atoms with Crippen LogP contribution in [0.25, 0.3) is 0 Å². The number of thiocarbonyl (C=S) groups is 2. The minimum Gasteiger partial charge on any atom is -0.390 e. The summed E-state index contributed by atoms with van der Waals surface area (Å²) < 4.78 is 0. The second kappa shape index (κ2) is 10.1. The minimum atomic E-state index is -0.689. The Balaban J connectivity index is 3.55. The van der Waals surface area contributed by atoms with E-state index in [1.54, 1.807) is 27.7 Å². The fourth-order valence-electron chi connectivity index (χ4n) is 1.44. The van der Waals surface area contributed by atoms with Gasteiger partial charge in [0.2, 0.25) is 0 Å². The van der Waals surface area contributed by atoms with E-state index in [9.17, 15) is 10.2 Å². The summed E-state index contributed by atoms with van der Waals surface area (Å²) in [7, 11) is 0. The Hall–Kier alpha value is -0.700. The summed E-state index contributed by atoms with van der Waals surface area (Å²) in [6, 6.07) is 0. The molecule has 0 aliphatic rings. The van der Waals surface area contributed by atoms with E-state index in [4.69, 9.17) is 24.4 Å². The molecule has 0 fully saturated rings. The molecule has 0 aliphatic carbocycles. The van der Waals surface area contributed by atoms with Gasteiger partial charge < -0.3 is 31.5 Å². The molecule has 0 bridgehead atoms. The molecule has 0 unspecified atom stereocenters. The maximum atomic E-state index is 9.58. The highest BCUT2D eigenvalue weighted by Crippen LogP contribution is 2.05. The topological polar surface area (TPSA) is 88.6 Å². The number of rotatable bonds is 9. The lowest BCUT2D eigenvalue weighted by Crippen LogP contribution is -2.44. The van der Waals surface area contributed by atoms with Crippen molar-refractivity contribution < 1.29 is 10.2 Å². The lowest BCUT2D eigenvalue weighted by atomic mass is 10.1. The zero-order chi connectivity index (χ0) is 17.2. The third kappa shape index (κ3) is 15.7. The Morgan fingerprint density at radius 1 is 0.682 bits per heavy atom. The van der Waals surface area contributed by atoms with E-state index in [0.717, 1.165) is 0 Å². The second-order valence-electron chi connectivity index (χ2n) is 6.49. The van der Waals surface area contributed by atoms with Gasteiger partial charge in [0.25, 0.3) is 0 Å². The monoisotopic (exact) mass is 350 g/mol. The van der Waals surface area contributed by atoms with Gasteiger partial charge in [-0.3, -0.25) is 0 Å². The van der Waals surface area contributed by atoms with Crippen molar-refractivity contribution in [2.24, 2.45) is 0 Å². The van der Waals surface area contributed by atoms with E-state index >= 15 is 0 Å². The molecule has 0 aromatic rings. The second-order valence-corrected chi connectivity index (χ2v) is 7.31. The van der Waals surface area contributed by atoms with Crippen molar-refractivity contribution in [2.45, 2.75) is 51.7 Å². The molecule has 0 amide bonds. The quantitative estimate of drug-likeness (QED) is 0.260. The van der Waals surface area contributed by atoms with Crippen LogP contribution in [0.2, 0.25) is 0 Å². The molecule has 0 atom stereocenters. The summed E-state index contributed by atoms with van der Waals surface area (Å²) >= 11 is 10.2. The normalized spacial score (nSPS) is 11.7. The predicted molar refractivity (Wildman–Crippen MR) is 99.0 cm³/mol. The van der Waals surface area contributed by atoms with E-state index in [2.05, 4.69) is 21.3 Å². The first-order chi connectivity index (χ1) is 9.99. The van der Waals surface area contributed by atoms with Gasteiger partial charge in [-0.1, -0.05) is 0 Å². The van der Waals surface area contributed by atoms with E-state index in [-0.39, 0.29) is 0 Å². The van der Waals surface area contributed by atoms with Crippen LogP contribution < -0.4 is 21.3 Å². The van der Waals surface area contributed by atoms with Gasteiger partial charge in [-0.25, -0.2) is 0 Å². The smallest absolute Gasteiger partial charge is 0.166 e. The van der Waals surface area contributed by atoms with Crippen molar-refractivity contribution in [1.29, 1.82) is 0 Å². The highest BCUT2D eigenvalue weighted by molar-refractivity contribution is 7.80. The summed E-state index contributed by atoms with van der Waals surface area (Å²) in [5, 5.41) is 32.5. The average Bonchev–Trinajstić information content (AvgIpc) is 2.31. The molecule has 6 nitrogen and oxygen atoms in total. The predicted octanol–water partition coefficient (Wildman–Crippen LogP) is 0.237. The van der Waals surface area contributed by atoms with Crippen LogP contribution in [0.3, 0.4) is 0 Å². The minimum absolute atomic E-state index is 0.562. The van der Waals surface area contributed by atoms with Gasteiger partial charge in [-0.15, -0.1) is 0 Å². The largest absolute Gasteiger partial charge is 0.390 e. The van der Waals surface area contributed by atoms with Crippen molar-refractivity contribution >= 4 is 34.7 Å². The Labute approximate surface area is 144 Å². The summed E-state index contributed by atoms with van der Waals surface area (Å²) in [6.45, 7) is 9.59. The molecule has 0 aromatic heterocycles. The molecule has 0 aliphatic heterocycles. The molecule has 0 saturated carbocycles. The van der Waals surface area contributed by atoms with Crippen LogP contribution in [0.5, 0.6) is 0 Å². The Morgan fingerprint density at radius 2 is 0.955 bits per heavy atom. The van der Waals surface area contributed by atoms with Crippen LogP contribution in [0.15, 0.2) is 0 Å². The van der Waals surface area contributed by atoms with Crippen LogP contribution in [-0.2, 0) is 0 Å². The zero-order valence-corrected chi connectivity index (χ0v) is 15.6. The number of hydrogen-bond acceptors (Lipinski definition) is 4. The molecule has 0 spiro atoms. The molecule has 6 N–H and O–H groups in total. The SMILES string of the molecule is CC(C)(O)CCNC(=S)NCCNC(=S)NCCC(C)(C)O. The van der Waals surface area contributed by atoms with E-state index in [1.807, 2.05) is 0 Å². The Bertz CT molecular complexity index is 318. The highest BCUT2D eigenvalue weighted by atomic mass is 32.1. The molecule has 22 heavy (non-hydrogen) atoms. The van der Waals surface area contributed by atoms with E-state index in [1.165, 1.54) is 0 Å². The van der Waals surface area contributed by atoms with Gasteiger partial charge in [0.15, 0.2) is 10.2 Å². The van der Waals surface area contributed by atoms with Gasteiger partial charge in [0.1, 0.15) is 0 Å². The van der Waals surface area contributed by atoms with Gasteiger partial charge in [0.05, 0.1) is 11.2 Å². The van der Waals surface area contributed by atoms with E-state index in [0.29, 0.717) is 49.2 Å². The maximum absolute atomic E-state index is 9.58. The fraction of sp³-hybridized carbons (Fsp3) is 0.857. The first-order valence-electron chi connectivity index (χ1n) is 7.48.